The molecule has 0 amide bonds. The predicted octanol–water partition coefficient (Wildman–Crippen LogP) is 6.41. The van der Waals surface area contributed by atoms with Crippen molar-refractivity contribution in [3.63, 3.8) is 0 Å². The van der Waals surface area contributed by atoms with Crippen LogP contribution in [0.2, 0.25) is 0 Å². The van der Waals surface area contributed by atoms with Crippen molar-refractivity contribution in [2.75, 3.05) is 44.7 Å². The Kier molecular flexibility index (Phi) is 9.36. The van der Waals surface area contributed by atoms with E-state index in [9.17, 15) is 0 Å². The summed E-state index contributed by atoms with van der Waals surface area (Å²) in [4.78, 5) is 5.21. The van der Waals surface area contributed by atoms with E-state index in [1.165, 1.54) is 75.8 Å². The standard InChI is InChI=1S/C25H40N2O.ClH/c1-5-8-15-26-16-18-27(19-17-26)24-20-22(28-4)9-10-23(24)21-11-13-25(6-2,7-3)14-12-21;/h9-11,20H,5-8,12-19H2,1-4H3;1H. The molecule has 0 atom stereocenters. The summed E-state index contributed by atoms with van der Waals surface area (Å²) >= 11 is 0. The number of ether oxygens (including phenoxy) is 1. The van der Waals surface area contributed by atoms with Crippen LogP contribution in [0.3, 0.4) is 0 Å². The molecule has 0 saturated carbocycles. The van der Waals surface area contributed by atoms with Crippen molar-refractivity contribution >= 4 is 23.7 Å². The Morgan fingerprint density at radius 2 is 1.76 bits per heavy atom. The fraction of sp³-hybridized carbons (Fsp3) is 0.680. The number of benzene rings is 1. The van der Waals surface area contributed by atoms with Gasteiger partial charge in [-0.25, -0.2) is 0 Å². The van der Waals surface area contributed by atoms with E-state index in [1.54, 1.807) is 12.7 Å². The molecule has 1 aromatic carbocycles. The molecule has 4 heteroatoms. The molecule has 1 heterocycles. The molecule has 29 heavy (non-hydrogen) atoms. The molecule has 2 aliphatic rings. The minimum atomic E-state index is 0. The summed E-state index contributed by atoms with van der Waals surface area (Å²) in [7, 11) is 1.78. The van der Waals surface area contributed by atoms with Crippen LogP contribution in [0.5, 0.6) is 5.75 Å². The van der Waals surface area contributed by atoms with E-state index in [0.29, 0.717) is 5.41 Å². The summed E-state index contributed by atoms with van der Waals surface area (Å²) in [6.07, 6.45) is 11.5. The second kappa shape index (κ2) is 11.3. The quantitative estimate of drug-likeness (QED) is 0.483. The summed E-state index contributed by atoms with van der Waals surface area (Å²) in [6, 6.07) is 6.70. The van der Waals surface area contributed by atoms with Gasteiger partial charge in [-0.2, -0.15) is 0 Å². The number of rotatable bonds is 8. The first-order chi connectivity index (χ1) is 13.6. The van der Waals surface area contributed by atoms with Gasteiger partial charge in [0.1, 0.15) is 5.75 Å². The van der Waals surface area contributed by atoms with E-state index in [-0.39, 0.29) is 12.4 Å². The molecule has 1 aromatic rings. The van der Waals surface area contributed by atoms with Gasteiger partial charge in [-0.3, -0.25) is 4.90 Å². The Hall–Kier alpha value is -1.19. The molecule has 1 saturated heterocycles. The van der Waals surface area contributed by atoms with Crippen molar-refractivity contribution < 1.29 is 4.74 Å². The molecule has 0 radical (unpaired) electrons. The average molecular weight is 421 g/mol. The van der Waals surface area contributed by atoms with Crippen molar-refractivity contribution in [1.82, 2.24) is 4.90 Å². The lowest BCUT2D eigenvalue weighted by atomic mass is 9.70. The lowest BCUT2D eigenvalue weighted by Crippen LogP contribution is -2.46. The van der Waals surface area contributed by atoms with Crippen LogP contribution in [0.1, 0.15) is 71.3 Å². The van der Waals surface area contributed by atoms with Crippen molar-refractivity contribution in [2.45, 2.75) is 65.7 Å². The number of allylic oxidation sites excluding steroid dienone is 2. The molecular weight excluding hydrogens is 380 g/mol. The molecule has 0 unspecified atom stereocenters. The summed E-state index contributed by atoms with van der Waals surface area (Å²) in [5.74, 6) is 0.972. The number of anilines is 1. The molecular formula is C25H41ClN2O. The van der Waals surface area contributed by atoms with E-state index in [4.69, 9.17) is 4.74 Å². The van der Waals surface area contributed by atoms with Crippen LogP contribution in [-0.4, -0.2) is 44.7 Å². The lowest BCUT2D eigenvalue weighted by molar-refractivity contribution is 0.238. The van der Waals surface area contributed by atoms with E-state index >= 15 is 0 Å². The van der Waals surface area contributed by atoms with Crippen molar-refractivity contribution in [1.29, 1.82) is 0 Å². The first kappa shape index (κ1) is 24.1. The van der Waals surface area contributed by atoms with Crippen LogP contribution in [0.25, 0.3) is 5.57 Å². The lowest BCUT2D eigenvalue weighted by Gasteiger charge is -2.39. The zero-order chi connectivity index (χ0) is 20.0. The topological polar surface area (TPSA) is 15.7 Å². The zero-order valence-electron chi connectivity index (χ0n) is 19.0. The monoisotopic (exact) mass is 420 g/mol. The van der Waals surface area contributed by atoms with Crippen molar-refractivity contribution in [3.8, 4) is 5.75 Å². The molecule has 0 N–H and O–H groups in total. The summed E-state index contributed by atoms with van der Waals surface area (Å²) < 4.78 is 5.57. The summed E-state index contributed by atoms with van der Waals surface area (Å²) in [5.41, 5.74) is 4.88. The van der Waals surface area contributed by atoms with Gasteiger partial charge in [0.05, 0.1) is 7.11 Å². The molecule has 0 bridgehead atoms. The molecule has 164 valence electrons. The first-order valence-electron chi connectivity index (χ1n) is 11.5. The maximum Gasteiger partial charge on any atom is 0.120 e. The number of hydrogen-bond donors (Lipinski definition) is 0. The highest BCUT2D eigenvalue weighted by atomic mass is 35.5. The zero-order valence-corrected chi connectivity index (χ0v) is 19.8. The van der Waals surface area contributed by atoms with Gasteiger partial charge < -0.3 is 9.64 Å². The maximum atomic E-state index is 5.57. The number of methoxy groups -OCH3 is 1. The Balaban J connectivity index is 0.00000300. The molecule has 1 aliphatic heterocycles. The second-order valence-electron chi connectivity index (χ2n) is 8.71. The third kappa shape index (κ3) is 5.70. The van der Waals surface area contributed by atoms with Crippen molar-refractivity contribution in [2.24, 2.45) is 5.41 Å². The Morgan fingerprint density at radius 1 is 1.03 bits per heavy atom. The van der Waals surface area contributed by atoms with E-state index in [2.05, 4.69) is 54.8 Å². The average Bonchev–Trinajstić information content (AvgIpc) is 2.77. The van der Waals surface area contributed by atoms with Crippen LogP contribution in [0, 0.1) is 5.41 Å². The second-order valence-corrected chi connectivity index (χ2v) is 8.71. The van der Waals surface area contributed by atoms with Gasteiger partial charge in [-0.15, -0.1) is 12.4 Å². The van der Waals surface area contributed by atoms with Gasteiger partial charge in [0, 0.05) is 43.5 Å². The highest BCUT2D eigenvalue weighted by molar-refractivity contribution is 5.85. The van der Waals surface area contributed by atoms with Crippen LogP contribution in [0.4, 0.5) is 5.69 Å². The molecule has 3 rings (SSSR count). The Bertz CT molecular complexity index is 661. The molecule has 0 spiro atoms. The minimum absolute atomic E-state index is 0. The van der Waals surface area contributed by atoms with Gasteiger partial charge in [-0.1, -0.05) is 46.1 Å². The fourth-order valence-electron chi connectivity index (χ4n) is 4.85. The van der Waals surface area contributed by atoms with Gasteiger partial charge in [0.25, 0.3) is 0 Å². The van der Waals surface area contributed by atoms with Gasteiger partial charge >= 0.3 is 0 Å². The summed E-state index contributed by atoms with van der Waals surface area (Å²) in [5, 5.41) is 0. The van der Waals surface area contributed by atoms with Crippen LogP contribution in [0.15, 0.2) is 24.3 Å². The van der Waals surface area contributed by atoms with Crippen LogP contribution < -0.4 is 9.64 Å². The minimum Gasteiger partial charge on any atom is -0.497 e. The van der Waals surface area contributed by atoms with Gasteiger partial charge in [0.15, 0.2) is 0 Å². The Morgan fingerprint density at radius 3 is 2.31 bits per heavy atom. The van der Waals surface area contributed by atoms with Crippen LogP contribution in [-0.2, 0) is 0 Å². The van der Waals surface area contributed by atoms with Gasteiger partial charge in [-0.05, 0) is 55.3 Å². The third-order valence-corrected chi connectivity index (χ3v) is 7.30. The first-order valence-corrected chi connectivity index (χ1v) is 11.5. The maximum absolute atomic E-state index is 5.57. The van der Waals surface area contributed by atoms with E-state index in [1.807, 2.05) is 0 Å². The Labute approximate surface area is 184 Å². The largest absolute Gasteiger partial charge is 0.497 e. The number of unbranched alkanes of at least 4 members (excludes halogenated alkanes) is 1. The fourth-order valence-corrected chi connectivity index (χ4v) is 4.85. The van der Waals surface area contributed by atoms with Gasteiger partial charge in [0.2, 0.25) is 0 Å². The number of nitrogens with zero attached hydrogens (tertiary/aromatic N) is 2. The smallest absolute Gasteiger partial charge is 0.120 e. The normalized spacial score (nSPS) is 19.4. The molecule has 1 fully saturated rings. The van der Waals surface area contributed by atoms with Crippen LogP contribution >= 0.6 is 12.4 Å². The predicted molar refractivity (Wildman–Crippen MR) is 129 cm³/mol. The SMILES string of the molecule is CCCCN1CCN(c2cc(OC)ccc2C2=CCC(CC)(CC)CC2)CC1.Cl. The molecule has 1 aliphatic carbocycles. The van der Waals surface area contributed by atoms with Crippen molar-refractivity contribution in [3.05, 3.63) is 29.8 Å². The highest BCUT2D eigenvalue weighted by Crippen LogP contribution is 2.45. The molecule has 3 nitrogen and oxygen atoms in total. The van der Waals surface area contributed by atoms with E-state index in [0.717, 1.165) is 18.8 Å². The number of piperazine rings is 1. The number of halogens is 1. The van der Waals surface area contributed by atoms with E-state index < -0.39 is 0 Å². The molecule has 0 aromatic heterocycles. The highest BCUT2D eigenvalue weighted by Gasteiger charge is 2.30. The third-order valence-electron chi connectivity index (χ3n) is 7.30. The summed E-state index contributed by atoms with van der Waals surface area (Å²) in [6.45, 7) is 12.8. The number of hydrogen-bond acceptors (Lipinski definition) is 3.